The molecule has 1 rings (SSSR count). The van der Waals surface area contributed by atoms with Gasteiger partial charge < -0.3 is 15.9 Å². The summed E-state index contributed by atoms with van der Waals surface area (Å²) in [6.07, 6.45) is 0.655. The van der Waals surface area contributed by atoms with Crippen LogP contribution in [0.5, 0.6) is 11.5 Å². The molecule has 0 aromatic heterocycles. The second-order valence-corrected chi connectivity index (χ2v) is 3.04. The normalized spacial score (nSPS) is 12.8. The standard InChI is InChI=1S/C9H13NO2/c1-6(10)2-7-3-8(11)5-9(12)4-7/h3-6,11-12H,2,10H2,1H3/t6-/m1/s1. The summed E-state index contributed by atoms with van der Waals surface area (Å²) in [5, 5.41) is 18.2. The van der Waals surface area contributed by atoms with E-state index in [0.717, 1.165) is 5.56 Å². The largest absolute Gasteiger partial charge is 0.508 e. The maximum Gasteiger partial charge on any atom is 0.119 e. The molecule has 0 radical (unpaired) electrons. The monoisotopic (exact) mass is 167 g/mol. The molecule has 0 heterocycles. The summed E-state index contributed by atoms with van der Waals surface area (Å²) in [6, 6.07) is 4.53. The smallest absolute Gasteiger partial charge is 0.119 e. The summed E-state index contributed by atoms with van der Waals surface area (Å²) in [5.74, 6) is 0.149. The van der Waals surface area contributed by atoms with Crippen LogP contribution in [0.4, 0.5) is 0 Å². The van der Waals surface area contributed by atoms with Crippen LogP contribution in [0.25, 0.3) is 0 Å². The molecule has 0 unspecified atom stereocenters. The second-order valence-electron chi connectivity index (χ2n) is 3.04. The van der Waals surface area contributed by atoms with Crippen molar-refractivity contribution in [1.82, 2.24) is 0 Å². The quantitative estimate of drug-likeness (QED) is 0.615. The molecule has 0 aliphatic rings. The topological polar surface area (TPSA) is 66.5 Å². The third kappa shape index (κ3) is 2.43. The minimum Gasteiger partial charge on any atom is -0.508 e. The molecule has 1 aromatic carbocycles. The first-order chi connectivity index (χ1) is 5.58. The van der Waals surface area contributed by atoms with Gasteiger partial charge in [0.25, 0.3) is 0 Å². The first-order valence-electron chi connectivity index (χ1n) is 3.85. The summed E-state index contributed by atoms with van der Waals surface area (Å²) >= 11 is 0. The lowest BCUT2D eigenvalue weighted by atomic mass is 10.1. The predicted molar refractivity (Wildman–Crippen MR) is 47.1 cm³/mol. The number of rotatable bonds is 2. The van der Waals surface area contributed by atoms with Crippen LogP contribution >= 0.6 is 0 Å². The van der Waals surface area contributed by atoms with Gasteiger partial charge in [0.2, 0.25) is 0 Å². The van der Waals surface area contributed by atoms with E-state index in [4.69, 9.17) is 15.9 Å². The van der Waals surface area contributed by atoms with E-state index in [9.17, 15) is 0 Å². The number of benzene rings is 1. The highest BCUT2D eigenvalue weighted by Crippen LogP contribution is 2.20. The summed E-state index contributed by atoms with van der Waals surface area (Å²) in [4.78, 5) is 0. The minimum atomic E-state index is 0.0335. The number of nitrogens with two attached hydrogens (primary N) is 1. The molecule has 0 aliphatic carbocycles. The van der Waals surface area contributed by atoms with E-state index in [1.807, 2.05) is 6.92 Å². The van der Waals surface area contributed by atoms with Crippen LogP contribution in [0.15, 0.2) is 18.2 Å². The zero-order valence-electron chi connectivity index (χ0n) is 6.99. The fourth-order valence-corrected chi connectivity index (χ4v) is 1.15. The molecule has 0 saturated carbocycles. The lowest BCUT2D eigenvalue weighted by molar-refractivity contribution is 0.449. The Hall–Kier alpha value is -1.22. The molecule has 0 aliphatic heterocycles. The molecule has 0 bridgehead atoms. The Kier molecular flexibility index (Phi) is 2.55. The van der Waals surface area contributed by atoms with Crippen LogP contribution in [0.1, 0.15) is 12.5 Å². The number of hydrogen-bond donors (Lipinski definition) is 3. The van der Waals surface area contributed by atoms with Crippen LogP contribution in [-0.4, -0.2) is 16.3 Å². The molecule has 0 fully saturated rings. The summed E-state index contributed by atoms with van der Waals surface area (Å²) < 4.78 is 0. The molecular formula is C9H13NO2. The van der Waals surface area contributed by atoms with E-state index in [-0.39, 0.29) is 17.5 Å². The van der Waals surface area contributed by atoms with Crippen LogP contribution in [-0.2, 0) is 6.42 Å². The fraction of sp³-hybridized carbons (Fsp3) is 0.333. The van der Waals surface area contributed by atoms with E-state index in [1.54, 1.807) is 12.1 Å². The van der Waals surface area contributed by atoms with Crippen LogP contribution in [0.3, 0.4) is 0 Å². The average molecular weight is 167 g/mol. The molecule has 3 heteroatoms. The Labute approximate surface area is 71.5 Å². The molecular weight excluding hydrogens is 154 g/mol. The van der Waals surface area contributed by atoms with Gasteiger partial charge in [-0.3, -0.25) is 0 Å². The van der Waals surface area contributed by atoms with E-state index < -0.39 is 0 Å². The molecule has 66 valence electrons. The van der Waals surface area contributed by atoms with Gasteiger partial charge in [-0.2, -0.15) is 0 Å². The third-order valence-electron chi connectivity index (χ3n) is 1.52. The number of phenols is 2. The van der Waals surface area contributed by atoms with Crippen molar-refractivity contribution >= 4 is 0 Å². The van der Waals surface area contributed by atoms with Gasteiger partial charge in [0, 0.05) is 12.1 Å². The lowest BCUT2D eigenvalue weighted by Gasteiger charge is -2.05. The van der Waals surface area contributed by atoms with Crippen molar-refractivity contribution in [3.8, 4) is 11.5 Å². The SMILES string of the molecule is C[C@@H](N)Cc1cc(O)cc(O)c1. The van der Waals surface area contributed by atoms with Crippen molar-refractivity contribution < 1.29 is 10.2 Å². The van der Waals surface area contributed by atoms with Crippen molar-refractivity contribution in [1.29, 1.82) is 0 Å². The van der Waals surface area contributed by atoms with Crippen molar-refractivity contribution in [3.63, 3.8) is 0 Å². The van der Waals surface area contributed by atoms with E-state index in [0.29, 0.717) is 6.42 Å². The van der Waals surface area contributed by atoms with Crippen molar-refractivity contribution in [2.45, 2.75) is 19.4 Å². The molecule has 0 saturated heterocycles. The maximum absolute atomic E-state index is 9.11. The molecule has 0 spiro atoms. The van der Waals surface area contributed by atoms with Gasteiger partial charge in [-0.15, -0.1) is 0 Å². The molecule has 1 aromatic rings. The average Bonchev–Trinajstić information content (AvgIpc) is 1.81. The highest BCUT2D eigenvalue weighted by Gasteiger charge is 2.01. The zero-order chi connectivity index (χ0) is 9.14. The Balaban J connectivity index is 2.85. The summed E-state index contributed by atoms with van der Waals surface area (Å²) in [7, 11) is 0. The minimum absolute atomic E-state index is 0.0335. The highest BCUT2D eigenvalue weighted by atomic mass is 16.3. The zero-order valence-corrected chi connectivity index (χ0v) is 6.99. The number of phenolic OH excluding ortho intramolecular Hbond substituents is 2. The number of hydrogen-bond acceptors (Lipinski definition) is 3. The van der Waals surface area contributed by atoms with E-state index in [1.165, 1.54) is 6.07 Å². The lowest BCUT2D eigenvalue weighted by Crippen LogP contribution is -2.17. The third-order valence-corrected chi connectivity index (χ3v) is 1.52. The first-order valence-corrected chi connectivity index (χ1v) is 3.85. The summed E-state index contributed by atoms with van der Waals surface area (Å²) in [5.41, 5.74) is 6.41. The highest BCUT2D eigenvalue weighted by molar-refractivity contribution is 5.36. The maximum atomic E-state index is 9.11. The van der Waals surface area contributed by atoms with Gasteiger partial charge in [-0.05, 0) is 31.0 Å². The van der Waals surface area contributed by atoms with Crippen LogP contribution < -0.4 is 5.73 Å². The Bertz CT molecular complexity index is 251. The van der Waals surface area contributed by atoms with Crippen molar-refractivity contribution in [3.05, 3.63) is 23.8 Å². The second kappa shape index (κ2) is 3.45. The predicted octanol–water partition coefficient (Wildman–Crippen LogP) is 0.987. The van der Waals surface area contributed by atoms with Gasteiger partial charge in [0.15, 0.2) is 0 Å². The van der Waals surface area contributed by atoms with E-state index >= 15 is 0 Å². The van der Waals surface area contributed by atoms with Crippen molar-refractivity contribution in [2.24, 2.45) is 5.73 Å². The first kappa shape index (κ1) is 8.87. The Morgan fingerprint density at radius 1 is 1.25 bits per heavy atom. The van der Waals surface area contributed by atoms with Crippen LogP contribution in [0, 0.1) is 0 Å². The molecule has 12 heavy (non-hydrogen) atoms. The van der Waals surface area contributed by atoms with E-state index in [2.05, 4.69) is 0 Å². The number of aromatic hydroxyl groups is 2. The molecule has 3 nitrogen and oxygen atoms in total. The van der Waals surface area contributed by atoms with Crippen molar-refractivity contribution in [2.75, 3.05) is 0 Å². The molecule has 1 atom stereocenters. The van der Waals surface area contributed by atoms with Gasteiger partial charge in [0.05, 0.1) is 0 Å². The van der Waals surface area contributed by atoms with Gasteiger partial charge in [-0.1, -0.05) is 0 Å². The molecule has 4 N–H and O–H groups in total. The van der Waals surface area contributed by atoms with Gasteiger partial charge in [0.1, 0.15) is 11.5 Å². The van der Waals surface area contributed by atoms with Gasteiger partial charge in [-0.25, -0.2) is 0 Å². The van der Waals surface area contributed by atoms with Crippen LogP contribution in [0.2, 0.25) is 0 Å². The summed E-state index contributed by atoms with van der Waals surface area (Å²) in [6.45, 7) is 1.88. The Morgan fingerprint density at radius 2 is 1.75 bits per heavy atom. The molecule has 0 amide bonds. The fourth-order valence-electron chi connectivity index (χ4n) is 1.15. The Morgan fingerprint density at radius 3 is 2.17 bits per heavy atom. The van der Waals surface area contributed by atoms with Gasteiger partial charge >= 0.3 is 0 Å².